The molecule has 0 aliphatic rings. The molecule has 1 aromatic heterocycles. The van der Waals surface area contributed by atoms with E-state index >= 15 is 0 Å². The lowest BCUT2D eigenvalue weighted by molar-refractivity contribution is -0.390. The van der Waals surface area contributed by atoms with Crippen LogP contribution in [-0.2, 0) is 27.7 Å². The maximum Gasteiger partial charge on any atom is 0.408 e. The fourth-order valence-electron chi connectivity index (χ4n) is 1.81. The van der Waals surface area contributed by atoms with Crippen molar-refractivity contribution in [2.45, 2.75) is 38.8 Å². The molecule has 10 nitrogen and oxygen atoms in total. The smallest absolute Gasteiger partial charge is 0.408 e. The highest BCUT2D eigenvalue weighted by Gasteiger charge is 2.30. The van der Waals surface area contributed by atoms with Crippen LogP contribution in [0.1, 0.15) is 26.5 Å². The van der Waals surface area contributed by atoms with Gasteiger partial charge in [-0.15, -0.1) is 0 Å². The zero-order valence-corrected chi connectivity index (χ0v) is 13.7. The number of nitrogens with one attached hydrogen (secondary N) is 1. The molecule has 0 radical (unpaired) electrons. The van der Waals surface area contributed by atoms with Crippen LogP contribution in [0, 0.1) is 10.1 Å². The van der Waals surface area contributed by atoms with Gasteiger partial charge >= 0.3 is 17.9 Å². The Labute approximate surface area is 132 Å². The Morgan fingerprint density at radius 3 is 2.57 bits per heavy atom. The molecule has 1 amide bonds. The second-order valence-electron chi connectivity index (χ2n) is 5.81. The Morgan fingerprint density at radius 2 is 2.09 bits per heavy atom. The van der Waals surface area contributed by atoms with Gasteiger partial charge in [-0.3, -0.25) is 0 Å². The number of aromatic nitrogens is 2. The summed E-state index contributed by atoms with van der Waals surface area (Å²) in [5.74, 6) is -1.13. The van der Waals surface area contributed by atoms with Crippen LogP contribution in [-0.4, -0.2) is 45.3 Å². The van der Waals surface area contributed by atoms with Crippen LogP contribution < -0.4 is 5.32 Å². The first-order chi connectivity index (χ1) is 10.5. The summed E-state index contributed by atoms with van der Waals surface area (Å²) in [7, 11) is 2.71. The number of carbonyl (C=O) groups excluding carboxylic acids is 2. The lowest BCUT2D eigenvalue weighted by Gasteiger charge is -2.22. The summed E-state index contributed by atoms with van der Waals surface area (Å²) in [6.07, 6.45) is 0.284. The minimum absolute atomic E-state index is 0.154. The van der Waals surface area contributed by atoms with Gasteiger partial charge in [-0.2, -0.15) is 0 Å². The fraction of sp³-hybridized carbons (Fsp3) is 0.615. The third-order valence-electron chi connectivity index (χ3n) is 2.78. The number of amides is 1. The highest BCUT2D eigenvalue weighted by molar-refractivity contribution is 5.81. The molecular formula is C13H20N4O6. The van der Waals surface area contributed by atoms with Crippen LogP contribution in [0.4, 0.5) is 10.6 Å². The van der Waals surface area contributed by atoms with Gasteiger partial charge in [0.05, 0.1) is 7.11 Å². The number of esters is 1. The van der Waals surface area contributed by atoms with Crippen LogP contribution in [0.3, 0.4) is 0 Å². The molecule has 1 rings (SSSR count). The molecule has 128 valence electrons. The third-order valence-corrected chi connectivity index (χ3v) is 2.78. The first kappa shape index (κ1) is 18.4. The van der Waals surface area contributed by atoms with E-state index in [-0.39, 0.29) is 17.9 Å². The van der Waals surface area contributed by atoms with E-state index in [0.717, 1.165) is 7.11 Å². The van der Waals surface area contributed by atoms with Crippen LogP contribution in [0.2, 0.25) is 0 Å². The van der Waals surface area contributed by atoms with Crippen molar-refractivity contribution in [3.63, 3.8) is 0 Å². The highest BCUT2D eigenvalue weighted by atomic mass is 16.6. The largest absolute Gasteiger partial charge is 0.467 e. The van der Waals surface area contributed by atoms with E-state index in [1.54, 1.807) is 27.8 Å². The Morgan fingerprint density at radius 1 is 1.48 bits per heavy atom. The Kier molecular flexibility index (Phi) is 5.66. The molecule has 1 atom stereocenters. The van der Waals surface area contributed by atoms with Gasteiger partial charge in [-0.25, -0.2) is 9.59 Å². The molecule has 1 unspecified atom stereocenters. The van der Waals surface area contributed by atoms with E-state index in [1.165, 1.54) is 10.9 Å². The summed E-state index contributed by atoms with van der Waals surface area (Å²) in [6.45, 7) is 5.02. The summed E-state index contributed by atoms with van der Waals surface area (Å²) < 4.78 is 11.1. The van der Waals surface area contributed by atoms with Crippen LogP contribution >= 0.6 is 0 Å². The molecule has 0 saturated heterocycles. The average Bonchev–Trinajstić information content (AvgIpc) is 2.76. The van der Waals surface area contributed by atoms with Crippen molar-refractivity contribution < 1.29 is 24.0 Å². The van der Waals surface area contributed by atoms with Gasteiger partial charge in [0.25, 0.3) is 0 Å². The van der Waals surface area contributed by atoms with Crippen molar-refractivity contribution in [1.29, 1.82) is 0 Å². The summed E-state index contributed by atoms with van der Waals surface area (Å²) in [5, 5.41) is 13.3. The highest BCUT2D eigenvalue weighted by Crippen LogP contribution is 2.17. The number of carbonyl (C=O) groups is 2. The zero-order valence-electron chi connectivity index (χ0n) is 13.7. The normalized spacial score (nSPS) is 12.4. The van der Waals surface area contributed by atoms with Gasteiger partial charge in [-0.05, 0) is 30.7 Å². The number of methoxy groups -OCH3 is 1. The quantitative estimate of drug-likeness (QED) is 0.484. The van der Waals surface area contributed by atoms with Gasteiger partial charge in [0.1, 0.15) is 17.3 Å². The van der Waals surface area contributed by atoms with E-state index in [0.29, 0.717) is 0 Å². The van der Waals surface area contributed by atoms with Crippen molar-refractivity contribution in [1.82, 2.24) is 14.9 Å². The number of alkyl carbamates (subject to hydrolysis) is 1. The summed E-state index contributed by atoms with van der Waals surface area (Å²) in [5.41, 5.74) is -0.565. The standard InChI is InChI=1S/C13H20N4O6/c1-13(2,3)23-12(19)15-8(11(18)22-5)6-9-10(17(20)21)14-7-16(9)4/h7-8H,6H2,1-5H3,(H,15,19). The topological polar surface area (TPSA) is 126 Å². The van der Waals surface area contributed by atoms with Gasteiger partial charge in [0.2, 0.25) is 6.33 Å². The summed E-state index contributed by atoms with van der Waals surface area (Å²) in [6, 6.07) is -1.14. The maximum atomic E-state index is 11.8. The molecule has 1 heterocycles. The van der Waals surface area contributed by atoms with E-state index in [4.69, 9.17) is 4.74 Å². The lowest BCUT2D eigenvalue weighted by Crippen LogP contribution is -2.45. The number of rotatable bonds is 5. The first-order valence-electron chi connectivity index (χ1n) is 6.77. The van der Waals surface area contributed by atoms with Gasteiger partial charge < -0.3 is 29.5 Å². The number of nitro groups is 1. The minimum Gasteiger partial charge on any atom is -0.467 e. The van der Waals surface area contributed by atoms with Crippen LogP contribution in [0.25, 0.3) is 0 Å². The number of nitrogens with zero attached hydrogens (tertiary/aromatic N) is 3. The molecule has 0 spiro atoms. The SMILES string of the molecule is COC(=O)C(Cc1c([N+](=O)[O-])ncn1C)NC(=O)OC(C)(C)C. The van der Waals surface area contributed by atoms with E-state index in [2.05, 4.69) is 15.0 Å². The molecule has 23 heavy (non-hydrogen) atoms. The number of imidazole rings is 1. The van der Waals surface area contributed by atoms with E-state index < -0.39 is 28.6 Å². The first-order valence-corrected chi connectivity index (χ1v) is 6.77. The molecule has 0 aromatic carbocycles. The molecule has 0 fully saturated rings. The zero-order chi connectivity index (χ0) is 17.8. The van der Waals surface area contributed by atoms with Crippen molar-refractivity contribution >= 4 is 17.9 Å². The molecule has 0 aliphatic heterocycles. The molecule has 1 aromatic rings. The Hall–Kier alpha value is -2.65. The monoisotopic (exact) mass is 328 g/mol. The Balaban J connectivity index is 2.97. The number of ether oxygens (including phenoxy) is 2. The van der Waals surface area contributed by atoms with Crippen molar-refractivity contribution in [3.8, 4) is 0 Å². The van der Waals surface area contributed by atoms with Crippen molar-refractivity contribution in [3.05, 3.63) is 22.1 Å². The molecule has 0 saturated carbocycles. The maximum absolute atomic E-state index is 11.8. The van der Waals surface area contributed by atoms with Crippen LogP contribution in [0.15, 0.2) is 6.33 Å². The molecule has 0 aliphatic carbocycles. The van der Waals surface area contributed by atoms with Crippen molar-refractivity contribution in [2.24, 2.45) is 7.05 Å². The van der Waals surface area contributed by atoms with Crippen molar-refractivity contribution in [2.75, 3.05) is 7.11 Å². The van der Waals surface area contributed by atoms with E-state index in [9.17, 15) is 19.7 Å². The lowest BCUT2D eigenvalue weighted by atomic mass is 10.1. The number of hydrogen-bond acceptors (Lipinski definition) is 7. The minimum atomic E-state index is -1.14. The predicted octanol–water partition coefficient (Wildman–Crippen LogP) is 0.937. The second kappa shape index (κ2) is 7.07. The summed E-state index contributed by atoms with van der Waals surface area (Å²) >= 11 is 0. The van der Waals surface area contributed by atoms with Gasteiger partial charge in [0.15, 0.2) is 0 Å². The number of aryl methyl sites for hydroxylation is 1. The van der Waals surface area contributed by atoms with E-state index in [1.807, 2.05) is 0 Å². The molecule has 0 bridgehead atoms. The van der Waals surface area contributed by atoms with Crippen LogP contribution in [0.5, 0.6) is 0 Å². The Bertz CT molecular complexity index is 604. The fourth-order valence-corrected chi connectivity index (χ4v) is 1.81. The molecule has 1 N–H and O–H groups in total. The van der Waals surface area contributed by atoms with Gasteiger partial charge in [-0.1, -0.05) is 0 Å². The van der Waals surface area contributed by atoms with Gasteiger partial charge in [0, 0.05) is 13.5 Å². The molecular weight excluding hydrogens is 308 g/mol. The predicted molar refractivity (Wildman–Crippen MR) is 78.7 cm³/mol. The average molecular weight is 328 g/mol. The second-order valence-corrected chi connectivity index (χ2v) is 5.81. The number of hydrogen-bond donors (Lipinski definition) is 1. The third kappa shape index (κ3) is 5.24. The molecule has 10 heteroatoms. The summed E-state index contributed by atoms with van der Waals surface area (Å²) in [4.78, 5) is 37.6.